The van der Waals surface area contributed by atoms with Crippen LogP contribution < -0.4 is 17.0 Å². The van der Waals surface area contributed by atoms with Crippen LogP contribution in [0.3, 0.4) is 0 Å². The average Bonchev–Trinajstić information content (AvgIpc) is 3.28. The zero-order valence-corrected chi connectivity index (χ0v) is 21.7. The summed E-state index contributed by atoms with van der Waals surface area (Å²) < 4.78 is 64.3. The van der Waals surface area contributed by atoms with E-state index in [1.807, 2.05) is 0 Å². The summed E-state index contributed by atoms with van der Waals surface area (Å²) in [6.45, 7) is 0.784. The maximum atomic E-state index is 14.9. The standard InChI is InChI=1S/C28H28F4N4O4/c1-17(37)34-12-10-27(11-13-34)24-23(16-40-27)35(14-19-20(28(30,31)32)8-5-9-21(19)29)26(39)36(25(24)38)15-22(33)18-6-3-2-4-7-18/h2-9,22H,10-16,33H2,1H3/t22-/m0/s1. The number of benzene rings is 2. The Morgan fingerprint density at radius 3 is 2.35 bits per heavy atom. The van der Waals surface area contributed by atoms with E-state index in [9.17, 15) is 31.9 Å². The number of ether oxygens (including phenoxy) is 1. The van der Waals surface area contributed by atoms with Crippen LogP contribution >= 0.6 is 0 Å². The smallest absolute Gasteiger partial charge is 0.364 e. The van der Waals surface area contributed by atoms with Gasteiger partial charge in [-0.2, -0.15) is 13.2 Å². The Bertz CT molecular complexity index is 1560. The van der Waals surface area contributed by atoms with E-state index >= 15 is 0 Å². The number of carbonyl (C=O) groups excluding carboxylic acids is 1. The second-order valence-electron chi connectivity index (χ2n) is 10.2. The van der Waals surface area contributed by atoms with Crippen LogP contribution in [-0.2, 0) is 41.0 Å². The van der Waals surface area contributed by atoms with Gasteiger partial charge in [-0.15, -0.1) is 0 Å². The number of carbonyl (C=O) groups is 1. The molecule has 5 rings (SSSR count). The minimum Gasteiger partial charge on any atom is -0.364 e. The molecule has 2 N–H and O–H groups in total. The van der Waals surface area contributed by atoms with Crippen molar-refractivity contribution in [2.75, 3.05) is 13.1 Å². The number of aromatic nitrogens is 2. The van der Waals surface area contributed by atoms with E-state index in [1.54, 1.807) is 35.2 Å². The van der Waals surface area contributed by atoms with Gasteiger partial charge < -0.3 is 15.4 Å². The molecule has 1 spiro atoms. The maximum Gasteiger partial charge on any atom is 0.416 e. The largest absolute Gasteiger partial charge is 0.416 e. The van der Waals surface area contributed by atoms with Gasteiger partial charge in [0.25, 0.3) is 5.56 Å². The Labute approximate surface area is 226 Å². The van der Waals surface area contributed by atoms with Gasteiger partial charge in [-0.05, 0) is 30.5 Å². The Hall–Kier alpha value is -3.77. The van der Waals surface area contributed by atoms with Crippen molar-refractivity contribution in [3.05, 3.63) is 103 Å². The second kappa shape index (κ2) is 10.3. The average molecular weight is 561 g/mol. The normalized spacial score (nSPS) is 17.2. The summed E-state index contributed by atoms with van der Waals surface area (Å²) in [6, 6.07) is 10.6. The van der Waals surface area contributed by atoms with Crippen LogP contribution in [0.4, 0.5) is 17.6 Å². The van der Waals surface area contributed by atoms with Gasteiger partial charge >= 0.3 is 11.9 Å². The molecule has 12 heteroatoms. The highest BCUT2D eigenvalue weighted by Crippen LogP contribution is 2.42. The molecule has 1 amide bonds. The summed E-state index contributed by atoms with van der Waals surface area (Å²) in [7, 11) is 0. The first-order valence-electron chi connectivity index (χ1n) is 12.8. The van der Waals surface area contributed by atoms with Gasteiger partial charge in [0.05, 0.1) is 36.5 Å². The van der Waals surface area contributed by atoms with Crippen molar-refractivity contribution in [1.82, 2.24) is 14.0 Å². The molecular weight excluding hydrogens is 532 g/mol. The molecule has 212 valence electrons. The van der Waals surface area contributed by atoms with Crippen LogP contribution in [0.5, 0.6) is 0 Å². The zero-order valence-electron chi connectivity index (χ0n) is 21.7. The highest BCUT2D eigenvalue weighted by atomic mass is 19.4. The van der Waals surface area contributed by atoms with Crippen molar-refractivity contribution in [3.63, 3.8) is 0 Å². The molecule has 40 heavy (non-hydrogen) atoms. The fourth-order valence-corrected chi connectivity index (χ4v) is 5.67. The number of hydrogen-bond donors (Lipinski definition) is 1. The molecular formula is C28H28F4N4O4. The molecule has 0 radical (unpaired) electrons. The predicted octanol–water partition coefficient (Wildman–Crippen LogP) is 3.28. The van der Waals surface area contributed by atoms with Crippen LogP contribution in [-0.4, -0.2) is 33.0 Å². The number of amides is 1. The van der Waals surface area contributed by atoms with Crippen LogP contribution in [0, 0.1) is 5.82 Å². The third-order valence-electron chi connectivity index (χ3n) is 7.84. The highest BCUT2D eigenvalue weighted by Gasteiger charge is 2.47. The van der Waals surface area contributed by atoms with E-state index < -0.39 is 52.6 Å². The molecule has 8 nitrogen and oxygen atoms in total. The summed E-state index contributed by atoms with van der Waals surface area (Å²) >= 11 is 0. The Morgan fingerprint density at radius 2 is 1.73 bits per heavy atom. The molecule has 0 aliphatic carbocycles. The Balaban J connectivity index is 1.67. The van der Waals surface area contributed by atoms with Crippen molar-refractivity contribution in [2.45, 2.75) is 57.3 Å². The first kappa shape index (κ1) is 27.8. The molecule has 0 saturated carbocycles. The molecule has 3 heterocycles. The predicted molar refractivity (Wildman–Crippen MR) is 137 cm³/mol. The highest BCUT2D eigenvalue weighted by molar-refractivity contribution is 5.73. The van der Waals surface area contributed by atoms with Crippen molar-refractivity contribution in [1.29, 1.82) is 0 Å². The Morgan fingerprint density at radius 1 is 1.05 bits per heavy atom. The molecule has 1 atom stereocenters. The van der Waals surface area contributed by atoms with Crippen molar-refractivity contribution in [2.24, 2.45) is 5.73 Å². The summed E-state index contributed by atoms with van der Waals surface area (Å²) in [5.41, 5.74) is 2.60. The lowest BCUT2D eigenvalue weighted by atomic mass is 9.85. The first-order valence-corrected chi connectivity index (χ1v) is 12.8. The number of nitrogens with two attached hydrogens (primary N) is 1. The van der Waals surface area contributed by atoms with E-state index in [0.29, 0.717) is 18.7 Å². The first-order chi connectivity index (χ1) is 18.9. The molecule has 1 saturated heterocycles. The fraction of sp³-hybridized carbons (Fsp3) is 0.393. The van der Waals surface area contributed by atoms with E-state index in [-0.39, 0.29) is 43.2 Å². The van der Waals surface area contributed by atoms with Crippen LogP contribution in [0.2, 0.25) is 0 Å². The monoisotopic (exact) mass is 560 g/mol. The number of rotatable bonds is 5. The Kier molecular flexibility index (Phi) is 7.17. The SMILES string of the molecule is CC(=O)N1CCC2(CC1)OCc1c2c(=O)n(C[C@H](N)c2ccccc2)c(=O)n1Cc1c(F)cccc1C(F)(F)F. The topological polar surface area (TPSA) is 99.6 Å². The number of nitrogens with zero attached hydrogens (tertiary/aromatic N) is 3. The number of hydrogen-bond acceptors (Lipinski definition) is 5. The number of fused-ring (bicyclic) bond motifs is 2. The fourth-order valence-electron chi connectivity index (χ4n) is 5.67. The lowest BCUT2D eigenvalue weighted by Gasteiger charge is -2.38. The summed E-state index contributed by atoms with van der Waals surface area (Å²) in [6.07, 6.45) is -4.36. The zero-order chi connectivity index (χ0) is 28.8. The molecule has 0 unspecified atom stereocenters. The maximum absolute atomic E-state index is 14.9. The van der Waals surface area contributed by atoms with E-state index in [0.717, 1.165) is 27.3 Å². The number of likely N-dealkylation sites (tertiary alicyclic amines) is 1. The molecule has 2 aromatic carbocycles. The van der Waals surface area contributed by atoms with Gasteiger partial charge in [0.15, 0.2) is 0 Å². The molecule has 1 fully saturated rings. The molecule has 2 aliphatic heterocycles. The minimum absolute atomic E-state index is 0.104. The lowest BCUT2D eigenvalue weighted by molar-refractivity contribution is -0.138. The van der Waals surface area contributed by atoms with Crippen LogP contribution in [0.1, 0.15) is 53.8 Å². The summed E-state index contributed by atoms with van der Waals surface area (Å²) in [4.78, 5) is 41.2. The molecule has 0 bridgehead atoms. The molecule has 2 aliphatic rings. The van der Waals surface area contributed by atoms with Crippen molar-refractivity contribution < 1.29 is 27.1 Å². The molecule has 1 aromatic heterocycles. The third kappa shape index (κ3) is 4.86. The van der Waals surface area contributed by atoms with Gasteiger partial charge in [0.2, 0.25) is 5.91 Å². The van der Waals surface area contributed by atoms with Gasteiger partial charge in [0.1, 0.15) is 11.4 Å². The number of piperidine rings is 1. The van der Waals surface area contributed by atoms with Gasteiger partial charge in [-0.1, -0.05) is 36.4 Å². The number of alkyl halides is 3. The minimum atomic E-state index is -4.87. The lowest BCUT2D eigenvalue weighted by Crippen LogP contribution is -2.50. The van der Waals surface area contributed by atoms with Crippen LogP contribution in [0.25, 0.3) is 0 Å². The third-order valence-corrected chi connectivity index (χ3v) is 7.84. The van der Waals surface area contributed by atoms with E-state index in [1.165, 1.54) is 6.92 Å². The summed E-state index contributed by atoms with van der Waals surface area (Å²) in [5.74, 6) is -1.26. The molecule has 3 aromatic rings. The van der Waals surface area contributed by atoms with Gasteiger partial charge in [0, 0.05) is 31.6 Å². The van der Waals surface area contributed by atoms with Crippen molar-refractivity contribution in [3.8, 4) is 0 Å². The second-order valence-corrected chi connectivity index (χ2v) is 10.2. The van der Waals surface area contributed by atoms with Crippen molar-refractivity contribution >= 4 is 5.91 Å². The van der Waals surface area contributed by atoms with Gasteiger partial charge in [-0.3, -0.25) is 18.7 Å². The van der Waals surface area contributed by atoms with E-state index in [4.69, 9.17) is 10.5 Å². The van der Waals surface area contributed by atoms with Gasteiger partial charge in [-0.25, -0.2) is 9.18 Å². The quantitative estimate of drug-likeness (QED) is 0.483. The summed E-state index contributed by atoms with van der Waals surface area (Å²) in [5, 5.41) is 0. The van der Waals surface area contributed by atoms with E-state index in [2.05, 4.69) is 0 Å². The van der Waals surface area contributed by atoms with Crippen LogP contribution in [0.15, 0.2) is 58.1 Å². The number of halogens is 4.